The molecule has 27 heavy (non-hydrogen) atoms. The first-order valence-electron chi connectivity index (χ1n) is 7.63. The van der Waals surface area contributed by atoms with Crippen LogP contribution < -0.4 is 10.7 Å². The highest BCUT2D eigenvalue weighted by molar-refractivity contribution is 6.35. The lowest BCUT2D eigenvalue weighted by Gasteiger charge is -2.11. The number of fused-ring (bicyclic) bond motifs is 1. The second-order valence-electron chi connectivity index (χ2n) is 5.77. The molecule has 0 unspecified atom stereocenters. The molecule has 0 aliphatic carbocycles. The highest BCUT2D eigenvalue weighted by Crippen LogP contribution is 2.29. The van der Waals surface area contributed by atoms with E-state index in [4.69, 9.17) is 23.2 Å². The Balaban J connectivity index is 2.05. The third-order valence-corrected chi connectivity index (χ3v) is 4.67. The first kappa shape index (κ1) is 19.3. The molecular formula is C18H11Cl2F3N2O2. The van der Waals surface area contributed by atoms with Gasteiger partial charge in [-0.2, -0.15) is 4.39 Å². The topological polar surface area (TPSA) is 62.0 Å². The molecule has 4 nitrogen and oxygen atoms in total. The van der Waals surface area contributed by atoms with Crippen molar-refractivity contribution in [2.24, 2.45) is 0 Å². The minimum Gasteiger partial charge on any atom is -0.348 e. The number of aromatic nitrogens is 1. The molecule has 0 saturated carbocycles. The first-order chi connectivity index (χ1) is 12.7. The summed E-state index contributed by atoms with van der Waals surface area (Å²) in [7, 11) is 0. The zero-order valence-corrected chi connectivity index (χ0v) is 15.2. The van der Waals surface area contributed by atoms with E-state index in [2.05, 4.69) is 10.3 Å². The van der Waals surface area contributed by atoms with Crippen molar-refractivity contribution in [3.05, 3.63) is 78.8 Å². The van der Waals surface area contributed by atoms with Crippen LogP contribution in [0.4, 0.5) is 13.2 Å². The molecule has 0 aliphatic rings. The Morgan fingerprint density at radius 1 is 1.11 bits per heavy atom. The number of hydrogen-bond acceptors (Lipinski definition) is 2. The van der Waals surface area contributed by atoms with Crippen LogP contribution in [-0.2, 0) is 6.54 Å². The average molecular weight is 415 g/mol. The van der Waals surface area contributed by atoms with Crippen LogP contribution in [0.3, 0.4) is 0 Å². The van der Waals surface area contributed by atoms with Crippen molar-refractivity contribution >= 4 is 40.0 Å². The number of benzene rings is 2. The van der Waals surface area contributed by atoms with E-state index in [0.29, 0.717) is 10.6 Å². The third kappa shape index (κ3) is 3.40. The summed E-state index contributed by atoms with van der Waals surface area (Å²) < 4.78 is 42.0. The van der Waals surface area contributed by atoms with Gasteiger partial charge in [0.25, 0.3) is 5.91 Å². The predicted octanol–water partition coefficient (Wildman–Crippen LogP) is 4.49. The summed E-state index contributed by atoms with van der Waals surface area (Å²) in [6.45, 7) is 1.14. The van der Waals surface area contributed by atoms with E-state index in [0.717, 1.165) is 6.92 Å². The molecule has 3 rings (SSSR count). The molecule has 1 aromatic heterocycles. The Bertz CT molecular complexity index is 1130. The fourth-order valence-electron chi connectivity index (χ4n) is 2.65. The maximum absolute atomic E-state index is 14.3. The number of hydrogen-bond donors (Lipinski definition) is 2. The second-order valence-corrected chi connectivity index (χ2v) is 6.58. The molecule has 3 aromatic rings. The Kier molecular flexibility index (Phi) is 5.17. The smallest absolute Gasteiger partial charge is 0.260 e. The van der Waals surface area contributed by atoms with Crippen LogP contribution in [0.25, 0.3) is 10.9 Å². The van der Waals surface area contributed by atoms with Gasteiger partial charge < -0.3 is 10.3 Å². The van der Waals surface area contributed by atoms with Gasteiger partial charge in [-0.25, -0.2) is 8.78 Å². The Labute approximate surface area is 160 Å². The Morgan fingerprint density at radius 2 is 1.74 bits per heavy atom. The number of rotatable bonds is 3. The summed E-state index contributed by atoms with van der Waals surface area (Å²) in [6.07, 6.45) is 0. The largest absolute Gasteiger partial charge is 0.348 e. The number of nitrogens with one attached hydrogen (secondary N) is 2. The van der Waals surface area contributed by atoms with Gasteiger partial charge in [0.2, 0.25) is 11.4 Å². The standard InChI is InChI=1S/C18H11Cl2F3N2O2/c1-7-10-15(12(20)14(22)13(7)21)25-17(23)11(16(10)26)18(27)24-6-8-2-4-9(19)5-3-8/h2-5H,6H2,1H3,(H,24,27)(H,25,26). The predicted molar refractivity (Wildman–Crippen MR) is 96.8 cm³/mol. The van der Waals surface area contributed by atoms with Gasteiger partial charge in [0.05, 0.1) is 10.9 Å². The Hall–Kier alpha value is -2.51. The van der Waals surface area contributed by atoms with Crippen molar-refractivity contribution in [2.45, 2.75) is 13.5 Å². The molecule has 0 radical (unpaired) electrons. The average Bonchev–Trinajstić information content (AvgIpc) is 2.63. The summed E-state index contributed by atoms with van der Waals surface area (Å²) in [5.74, 6) is -5.05. The van der Waals surface area contributed by atoms with Crippen molar-refractivity contribution in [1.82, 2.24) is 10.3 Å². The summed E-state index contributed by atoms with van der Waals surface area (Å²) in [4.78, 5) is 27.0. The highest BCUT2D eigenvalue weighted by Gasteiger charge is 2.25. The maximum Gasteiger partial charge on any atom is 0.260 e. The zero-order chi connectivity index (χ0) is 19.9. The van der Waals surface area contributed by atoms with E-state index >= 15 is 0 Å². The van der Waals surface area contributed by atoms with Gasteiger partial charge in [-0.3, -0.25) is 9.59 Å². The SMILES string of the molecule is Cc1c(F)c(F)c(Cl)c2[nH]c(F)c(C(=O)NCc3ccc(Cl)cc3)c(=O)c12. The fraction of sp³-hybridized carbons (Fsp3) is 0.111. The number of halogens is 5. The summed E-state index contributed by atoms with van der Waals surface area (Å²) >= 11 is 11.4. The minimum absolute atomic E-state index is 0.00440. The van der Waals surface area contributed by atoms with Crippen molar-refractivity contribution in [1.29, 1.82) is 0 Å². The minimum atomic E-state index is -1.41. The van der Waals surface area contributed by atoms with Crippen LogP contribution in [-0.4, -0.2) is 10.9 Å². The van der Waals surface area contributed by atoms with Gasteiger partial charge in [0, 0.05) is 17.1 Å². The number of aromatic amines is 1. The summed E-state index contributed by atoms with van der Waals surface area (Å²) in [5.41, 5.74) is -2.06. The molecule has 140 valence electrons. The third-order valence-electron chi connectivity index (χ3n) is 4.06. The molecule has 0 aliphatic heterocycles. The van der Waals surface area contributed by atoms with Crippen LogP contribution in [0.15, 0.2) is 29.1 Å². The van der Waals surface area contributed by atoms with Crippen LogP contribution in [0, 0.1) is 24.5 Å². The van der Waals surface area contributed by atoms with E-state index in [1.165, 1.54) is 0 Å². The van der Waals surface area contributed by atoms with Crippen molar-refractivity contribution < 1.29 is 18.0 Å². The Morgan fingerprint density at radius 3 is 2.37 bits per heavy atom. The first-order valence-corrected chi connectivity index (χ1v) is 8.39. The lowest BCUT2D eigenvalue weighted by molar-refractivity contribution is 0.0945. The van der Waals surface area contributed by atoms with Crippen molar-refractivity contribution in [3.63, 3.8) is 0 Å². The normalized spacial score (nSPS) is 11.0. The monoisotopic (exact) mass is 414 g/mol. The summed E-state index contributed by atoms with van der Waals surface area (Å²) in [5, 5.41) is 1.74. The van der Waals surface area contributed by atoms with Gasteiger partial charge in [-0.15, -0.1) is 0 Å². The van der Waals surface area contributed by atoms with Crippen LogP contribution in [0.2, 0.25) is 10.0 Å². The van der Waals surface area contributed by atoms with Crippen LogP contribution in [0.5, 0.6) is 0 Å². The van der Waals surface area contributed by atoms with E-state index in [1.807, 2.05) is 0 Å². The number of aryl methyl sites for hydroxylation is 1. The molecule has 2 aromatic carbocycles. The number of pyridine rings is 1. The van der Waals surface area contributed by atoms with E-state index in [-0.39, 0.29) is 12.1 Å². The lowest BCUT2D eigenvalue weighted by atomic mass is 10.0. The van der Waals surface area contributed by atoms with Gasteiger partial charge in [0.15, 0.2) is 11.6 Å². The maximum atomic E-state index is 14.3. The molecule has 9 heteroatoms. The van der Waals surface area contributed by atoms with E-state index < -0.39 is 50.4 Å². The number of amides is 1. The molecule has 2 N–H and O–H groups in total. The molecule has 1 heterocycles. The number of H-pyrrole nitrogens is 1. The zero-order valence-electron chi connectivity index (χ0n) is 13.7. The van der Waals surface area contributed by atoms with E-state index in [9.17, 15) is 22.8 Å². The molecule has 0 bridgehead atoms. The number of carbonyl (C=O) groups excluding carboxylic acids is 1. The van der Waals surface area contributed by atoms with Gasteiger partial charge in [-0.1, -0.05) is 35.3 Å². The van der Waals surface area contributed by atoms with Gasteiger partial charge in [0.1, 0.15) is 10.6 Å². The molecular weight excluding hydrogens is 404 g/mol. The van der Waals surface area contributed by atoms with Crippen LogP contribution in [0.1, 0.15) is 21.5 Å². The van der Waals surface area contributed by atoms with Gasteiger partial charge in [-0.05, 0) is 24.6 Å². The summed E-state index contributed by atoms with van der Waals surface area (Å²) in [6, 6.07) is 6.50. The van der Waals surface area contributed by atoms with Crippen molar-refractivity contribution in [3.8, 4) is 0 Å². The molecule has 1 amide bonds. The van der Waals surface area contributed by atoms with E-state index in [1.54, 1.807) is 24.3 Å². The fourth-order valence-corrected chi connectivity index (χ4v) is 3.00. The molecule has 0 saturated heterocycles. The van der Waals surface area contributed by atoms with Crippen molar-refractivity contribution in [2.75, 3.05) is 0 Å². The quantitative estimate of drug-likeness (QED) is 0.489. The highest BCUT2D eigenvalue weighted by atomic mass is 35.5. The lowest BCUT2D eigenvalue weighted by Crippen LogP contribution is -2.30. The molecule has 0 fully saturated rings. The van der Waals surface area contributed by atoms with Crippen LogP contribution >= 0.6 is 23.2 Å². The number of carbonyl (C=O) groups is 1. The molecule has 0 atom stereocenters. The second kappa shape index (κ2) is 7.25. The molecule has 0 spiro atoms. The van der Waals surface area contributed by atoms with Gasteiger partial charge >= 0.3 is 0 Å².